The Labute approximate surface area is 81.4 Å². The highest BCUT2D eigenvalue weighted by molar-refractivity contribution is 8.06. The van der Waals surface area contributed by atoms with Gasteiger partial charge in [-0.25, -0.2) is 8.42 Å². The number of rotatable bonds is 2. The van der Waals surface area contributed by atoms with Gasteiger partial charge in [-0.2, -0.15) is 0 Å². The number of sulfone groups is 1. The molecule has 0 fully saturated rings. The van der Waals surface area contributed by atoms with E-state index in [4.69, 9.17) is 10.5 Å². The summed E-state index contributed by atoms with van der Waals surface area (Å²) in [7, 11) is -2.56. The van der Waals surface area contributed by atoms with Gasteiger partial charge in [0.25, 0.3) is 9.84 Å². The number of nitrogens with two attached hydrogens (primary N) is 1. The van der Waals surface area contributed by atoms with Gasteiger partial charge in [0.2, 0.25) is 0 Å². The van der Waals surface area contributed by atoms with E-state index in [0.29, 0.717) is 5.75 Å². The third-order valence-electron chi connectivity index (χ3n) is 1.63. The summed E-state index contributed by atoms with van der Waals surface area (Å²) < 4.78 is 27.3. The fraction of sp³-hybridized carbons (Fsp3) is 0.125. The maximum Gasteiger partial charge on any atom is 0.338 e. The van der Waals surface area contributed by atoms with Crippen LogP contribution >= 0.6 is 0 Å². The molecule has 0 aliphatic rings. The quantitative estimate of drug-likeness (QED) is 0.780. The molecule has 2 N–H and O–H groups in total. The predicted octanol–water partition coefficient (Wildman–Crippen LogP) is 0.548. The molecule has 0 radical (unpaired) electrons. The van der Waals surface area contributed by atoms with E-state index >= 15 is 0 Å². The molecule has 76 valence electrons. The molecule has 1 aromatic carbocycles. The molecule has 0 bridgehead atoms. The highest BCUT2D eigenvalue weighted by Gasteiger charge is 2.20. The predicted molar refractivity (Wildman–Crippen MR) is 49.8 cm³/mol. The molecule has 1 aromatic rings. The number of ether oxygens (including phenoxy) is 1. The normalized spacial score (nSPS) is 10.9. The Morgan fingerprint density at radius 3 is 2.14 bits per heavy atom. The fourth-order valence-electron chi connectivity index (χ4n) is 0.871. The molecular formula is C8H9NO4S. The average Bonchev–Trinajstić information content (AvgIpc) is 2.17. The van der Waals surface area contributed by atoms with Crippen LogP contribution in [0, 0.1) is 0 Å². The van der Waals surface area contributed by atoms with Crippen molar-refractivity contribution in [1.82, 2.24) is 0 Å². The number of hydrogen-bond donors (Lipinski definition) is 1. The van der Waals surface area contributed by atoms with E-state index in [-0.39, 0.29) is 4.90 Å². The Balaban J connectivity index is 3.16. The number of carbonyl (C=O) groups excluding carboxylic acids is 1. The highest BCUT2D eigenvalue weighted by atomic mass is 32.2. The van der Waals surface area contributed by atoms with Crippen LogP contribution in [0.5, 0.6) is 5.75 Å². The van der Waals surface area contributed by atoms with Crippen molar-refractivity contribution in [2.24, 2.45) is 5.73 Å². The monoisotopic (exact) mass is 215 g/mol. The second kappa shape index (κ2) is 3.67. The van der Waals surface area contributed by atoms with Crippen molar-refractivity contribution < 1.29 is 17.9 Å². The zero-order valence-electron chi connectivity index (χ0n) is 7.43. The van der Waals surface area contributed by atoms with Crippen LogP contribution in [0.3, 0.4) is 0 Å². The summed E-state index contributed by atoms with van der Waals surface area (Å²) in [6.07, 6.45) is 0. The second-order valence-electron chi connectivity index (χ2n) is 2.50. The Hall–Kier alpha value is -1.56. The van der Waals surface area contributed by atoms with Gasteiger partial charge in [0, 0.05) is 0 Å². The number of hydrogen-bond acceptors (Lipinski definition) is 4. The maximum atomic E-state index is 11.2. The van der Waals surface area contributed by atoms with E-state index in [2.05, 4.69) is 0 Å². The first kappa shape index (κ1) is 10.5. The van der Waals surface area contributed by atoms with Crippen molar-refractivity contribution in [3.8, 4) is 5.75 Å². The third kappa shape index (κ3) is 1.85. The number of methoxy groups -OCH3 is 1. The van der Waals surface area contributed by atoms with Crippen LogP contribution in [-0.2, 0) is 9.84 Å². The fourth-order valence-corrected chi connectivity index (χ4v) is 1.60. The van der Waals surface area contributed by atoms with Gasteiger partial charge >= 0.3 is 5.24 Å². The standard InChI is InChI=1S/C8H9NO4S/c1-13-6-2-4-7(5-3-6)14(11,12)8(9)10/h2-5H,1H3,(H2,9,10). The average molecular weight is 215 g/mol. The molecular weight excluding hydrogens is 206 g/mol. The summed E-state index contributed by atoms with van der Waals surface area (Å²) in [5, 5.41) is -1.36. The lowest BCUT2D eigenvalue weighted by molar-refractivity contribution is 0.265. The minimum atomic E-state index is -4.02. The summed E-state index contributed by atoms with van der Waals surface area (Å²) in [5.74, 6) is 0.508. The molecule has 0 aliphatic carbocycles. The lowest BCUT2D eigenvalue weighted by atomic mass is 10.3. The Morgan fingerprint density at radius 1 is 1.29 bits per heavy atom. The minimum Gasteiger partial charge on any atom is -0.497 e. The molecule has 1 rings (SSSR count). The molecule has 0 unspecified atom stereocenters. The molecule has 0 saturated carbocycles. The lowest BCUT2D eigenvalue weighted by Gasteiger charge is -2.01. The van der Waals surface area contributed by atoms with Gasteiger partial charge in [-0.3, -0.25) is 4.79 Å². The van der Waals surface area contributed by atoms with Gasteiger partial charge in [0.15, 0.2) is 0 Å². The molecule has 0 aliphatic heterocycles. The van der Waals surface area contributed by atoms with Gasteiger partial charge in [0.05, 0.1) is 12.0 Å². The summed E-state index contributed by atoms with van der Waals surface area (Å²) in [6.45, 7) is 0. The Kier molecular flexibility index (Phi) is 2.76. The molecule has 0 heterocycles. The van der Waals surface area contributed by atoms with Gasteiger partial charge in [-0.1, -0.05) is 0 Å². The first-order valence-electron chi connectivity index (χ1n) is 3.67. The van der Waals surface area contributed by atoms with E-state index < -0.39 is 15.1 Å². The van der Waals surface area contributed by atoms with Crippen molar-refractivity contribution in [3.05, 3.63) is 24.3 Å². The summed E-state index contributed by atoms with van der Waals surface area (Å²) in [4.78, 5) is 10.4. The molecule has 0 spiro atoms. The summed E-state index contributed by atoms with van der Waals surface area (Å²) in [5.41, 5.74) is 4.71. The van der Waals surface area contributed by atoms with E-state index in [1.54, 1.807) is 0 Å². The van der Waals surface area contributed by atoms with Gasteiger partial charge in [-0.15, -0.1) is 0 Å². The molecule has 5 nitrogen and oxygen atoms in total. The molecule has 14 heavy (non-hydrogen) atoms. The smallest absolute Gasteiger partial charge is 0.338 e. The number of benzene rings is 1. The first-order valence-corrected chi connectivity index (χ1v) is 5.15. The summed E-state index contributed by atoms with van der Waals surface area (Å²) in [6, 6.07) is 5.41. The van der Waals surface area contributed by atoms with E-state index in [1.807, 2.05) is 0 Å². The summed E-state index contributed by atoms with van der Waals surface area (Å²) >= 11 is 0. The maximum absolute atomic E-state index is 11.2. The largest absolute Gasteiger partial charge is 0.497 e. The van der Waals surface area contributed by atoms with Crippen LogP contribution < -0.4 is 10.5 Å². The van der Waals surface area contributed by atoms with Crippen LogP contribution in [0.25, 0.3) is 0 Å². The Bertz CT molecular complexity index is 435. The van der Waals surface area contributed by atoms with Gasteiger partial charge < -0.3 is 10.5 Å². The highest BCUT2D eigenvalue weighted by Crippen LogP contribution is 2.16. The minimum absolute atomic E-state index is 0.134. The van der Waals surface area contributed by atoms with Crippen molar-refractivity contribution in [1.29, 1.82) is 0 Å². The number of amides is 1. The zero-order chi connectivity index (χ0) is 10.8. The Morgan fingerprint density at radius 2 is 1.79 bits per heavy atom. The van der Waals surface area contributed by atoms with Crippen LogP contribution in [0.2, 0.25) is 0 Å². The lowest BCUT2D eigenvalue weighted by Crippen LogP contribution is -2.21. The van der Waals surface area contributed by atoms with E-state index in [1.165, 1.54) is 31.4 Å². The van der Waals surface area contributed by atoms with Crippen LogP contribution in [-0.4, -0.2) is 20.8 Å². The van der Waals surface area contributed by atoms with Crippen molar-refractivity contribution in [2.75, 3.05) is 7.11 Å². The first-order chi connectivity index (χ1) is 6.48. The molecule has 0 atom stereocenters. The van der Waals surface area contributed by atoms with Crippen molar-refractivity contribution in [3.63, 3.8) is 0 Å². The zero-order valence-corrected chi connectivity index (χ0v) is 8.24. The van der Waals surface area contributed by atoms with E-state index in [9.17, 15) is 13.2 Å². The molecule has 6 heteroatoms. The third-order valence-corrected chi connectivity index (χ3v) is 3.06. The van der Waals surface area contributed by atoms with Crippen LogP contribution in [0.1, 0.15) is 0 Å². The van der Waals surface area contributed by atoms with Crippen molar-refractivity contribution >= 4 is 15.1 Å². The van der Waals surface area contributed by atoms with Crippen LogP contribution in [0.15, 0.2) is 29.2 Å². The number of primary amides is 1. The molecule has 0 aromatic heterocycles. The van der Waals surface area contributed by atoms with Gasteiger partial charge in [0.1, 0.15) is 5.75 Å². The van der Waals surface area contributed by atoms with Gasteiger partial charge in [-0.05, 0) is 24.3 Å². The second-order valence-corrected chi connectivity index (χ2v) is 4.38. The van der Waals surface area contributed by atoms with E-state index in [0.717, 1.165) is 0 Å². The topological polar surface area (TPSA) is 86.5 Å². The number of carbonyl (C=O) groups is 1. The SMILES string of the molecule is COc1ccc(S(=O)(=O)C(N)=O)cc1. The molecule has 0 saturated heterocycles. The van der Waals surface area contributed by atoms with Crippen molar-refractivity contribution in [2.45, 2.75) is 4.90 Å². The van der Waals surface area contributed by atoms with Crippen LogP contribution in [0.4, 0.5) is 4.79 Å². The molecule has 1 amide bonds.